The van der Waals surface area contributed by atoms with Crippen LogP contribution in [-0.4, -0.2) is 49.2 Å². The topological polar surface area (TPSA) is 94.2 Å². The van der Waals surface area contributed by atoms with Gasteiger partial charge in [0.05, 0.1) is 25.3 Å². The van der Waals surface area contributed by atoms with Crippen LogP contribution in [0.4, 0.5) is 10.5 Å². The van der Waals surface area contributed by atoms with E-state index in [0.29, 0.717) is 24.2 Å². The van der Waals surface area contributed by atoms with E-state index in [-0.39, 0.29) is 25.1 Å². The molecule has 0 radical (unpaired) electrons. The number of anilines is 1. The summed E-state index contributed by atoms with van der Waals surface area (Å²) < 4.78 is 15.7. The summed E-state index contributed by atoms with van der Waals surface area (Å²) in [5, 5.41) is 3.25. The molecule has 2 aliphatic rings. The number of carbonyl (C=O) groups is 3. The number of hydrogen-bond donors (Lipinski definition) is 1. The van der Waals surface area contributed by atoms with Gasteiger partial charge in [-0.15, -0.1) is 0 Å². The third-order valence-corrected chi connectivity index (χ3v) is 5.96. The van der Waals surface area contributed by atoms with Gasteiger partial charge in [-0.3, -0.25) is 0 Å². The Bertz CT molecular complexity index is 1010. The molecule has 8 nitrogen and oxygen atoms in total. The maximum atomic E-state index is 13.0. The van der Waals surface area contributed by atoms with E-state index in [1.165, 1.54) is 7.11 Å². The average Bonchev–Trinajstić information content (AvgIpc) is 3.27. The van der Waals surface area contributed by atoms with E-state index < -0.39 is 24.1 Å². The summed E-state index contributed by atoms with van der Waals surface area (Å²) in [4.78, 5) is 39.4. The summed E-state index contributed by atoms with van der Waals surface area (Å²) in [5.74, 6) is -1.03. The molecule has 2 aliphatic heterocycles. The Hall–Kier alpha value is -3.55. The summed E-state index contributed by atoms with van der Waals surface area (Å²) >= 11 is 0. The number of fused-ring (bicyclic) bond motifs is 3. The SMILES string of the molecule is CCOC(=O)[C@@H]1Nc2ccc(C(=O)OC)cc2[C@@H]2[C@H]1CCN2C(=O)OCc1ccccc1. The fourth-order valence-electron chi connectivity index (χ4n) is 4.49. The second kappa shape index (κ2) is 9.30. The van der Waals surface area contributed by atoms with E-state index in [2.05, 4.69) is 5.32 Å². The molecule has 32 heavy (non-hydrogen) atoms. The molecular formula is C24H26N2O6. The van der Waals surface area contributed by atoms with E-state index in [1.54, 1.807) is 30.0 Å². The molecule has 2 aromatic carbocycles. The van der Waals surface area contributed by atoms with Gasteiger partial charge in [-0.1, -0.05) is 30.3 Å². The molecular weight excluding hydrogens is 412 g/mol. The molecule has 0 bridgehead atoms. The zero-order chi connectivity index (χ0) is 22.7. The van der Waals surface area contributed by atoms with Gasteiger partial charge >= 0.3 is 18.0 Å². The molecule has 8 heteroatoms. The van der Waals surface area contributed by atoms with Gasteiger partial charge in [-0.25, -0.2) is 14.4 Å². The molecule has 1 fully saturated rings. The van der Waals surface area contributed by atoms with Crippen molar-refractivity contribution in [3.05, 3.63) is 65.2 Å². The minimum atomic E-state index is -0.594. The largest absolute Gasteiger partial charge is 0.465 e. The number of methoxy groups -OCH3 is 1. The first-order valence-electron chi connectivity index (χ1n) is 10.7. The summed E-state index contributed by atoms with van der Waals surface area (Å²) in [7, 11) is 1.32. The highest BCUT2D eigenvalue weighted by molar-refractivity contribution is 5.91. The first-order chi connectivity index (χ1) is 15.5. The smallest absolute Gasteiger partial charge is 0.410 e. The minimum Gasteiger partial charge on any atom is -0.465 e. The molecule has 0 unspecified atom stereocenters. The maximum absolute atomic E-state index is 13.0. The second-order valence-corrected chi connectivity index (χ2v) is 7.80. The molecule has 0 aromatic heterocycles. The highest BCUT2D eigenvalue weighted by Gasteiger charge is 2.49. The van der Waals surface area contributed by atoms with Crippen molar-refractivity contribution in [2.75, 3.05) is 25.6 Å². The van der Waals surface area contributed by atoms with Crippen molar-refractivity contribution >= 4 is 23.7 Å². The number of hydrogen-bond acceptors (Lipinski definition) is 7. The predicted octanol–water partition coefficient (Wildman–Crippen LogP) is 3.53. The first-order valence-corrected chi connectivity index (χ1v) is 10.7. The van der Waals surface area contributed by atoms with Crippen LogP contribution in [0.5, 0.6) is 0 Å². The van der Waals surface area contributed by atoms with Gasteiger partial charge in [0.2, 0.25) is 0 Å². The monoisotopic (exact) mass is 438 g/mol. The maximum Gasteiger partial charge on any atom is 0.410 e. The van der Waals surface area contributed by atoms with Crippen LogP contribution >= 0.6 is 0 Å². The van der Waals surface area contributed by atoms with Crippen LogP contribution in [0, 0.1) is 5.92 Å². The van der Waals surface area contributed by atoms with Crippen molar-refractivity contribution in [2.45, 2.75) is 32.0 Å². The molecule has 0 aliphatic carbocycles. The molecule has 1 N–H and O–H groups in total. The van der Waals surface area contributed by atoms with Gasteiger partial charge in [0.1, 0.15) is 12.6 Å². The Morgan fingerprint density at radius 3 is 2.59 bits per heavy atom. The van der Waals surface area contributed by atoms with Crippen LogP contribution in [0.1, 0.15) is 40.9 Å². The molecule has 3 atom stereocenters. The van der Waals surface area contributed by atoms with Crippen molar-refractivity contribution in [1.82, 2.24) is 4.90 Å². The van der Waals surface area contributed by atoms with Gasteiger partial charge in [0.15, 0.2) is 0 Å². The number of benzene rings is 2. The van der Waals surface area contributed by atoms with E-state index >= 15 is 0 Å². The second-order valence-electron chi connectivity index (χ2n) is 7.80. The molecule has 2 heterocycles. The molecule has 1 amide bonds. The number of ether oxygens (including phenoxy) is 3. The number of rotatable bonds is 5. The summed E-state index contributed by atoms with van der Waals surface area (Å²) in [6.07, 6.45) is 0.143. The first kappa shape index (κ1) is 21.7. The van der Waals surface area contributed by atoms with Crippen LogP contribution in [0.3, 0.4) is 0 Å². The Morgan fingerprint density at radius 1 is 1.09 bits per heavy atom. The lowest BCUT2D eigenvalue weighted by molar-refractivity contribution is -0.145. The molecule has 0 spiro atoms. The van der Waals surface area contributed by atoms with Crippen LogP contribution in [0.25, 0.3) is 0 Å². The van der Waals surface area contributed by atoms with Crippen LogP contribution in [0.15, 0.2) is 48.5 Å². The van der Waals surface area contributed by atoms with Gasteiger partial charge in [0.25, 0.3) is 0 Å². The quantitative estimate of drug-likeness (QED) is 0.564. The number of likely N-dealkylation sites (tertiary alicyclic amines) is 1. The van der Waals surface area contributed by atoms with Gasteiger partial charge in [0, 0.05) is 18.2 Å². The van der Waals surface area contributed by atoms with Crippen molar-refractivity contribution in [3.63, 3.8) is 0 Å². The third kappa shape index (κ3) is 4.12. The number of nitrogens with one attached hydrogen (secondary N) is 1. The lowest BCUT2D eigenvalue weighted by atomic mass is 9.82. The average molecular weight is 438 g/mol. The third-order valence-electron chi connectivity index (χ3n) is 5.96. The van der Waals surface area contributed by atoms with E-state index in [9.17, 15) is 14.4 Å². The van der Waals surface area contributed by atoms with Crippen molar-refractivity contribution < 1.29 is 28.6 Å². The Morgan fingerprint density at radius 2 is 1.88 bits per heavy atom. The number of nitrogens with zero attached hydrogens (tertiary/aromatic N) is 1. The van der Waals surface area contributed by atoms with Crippen LogP contribution < -0.4 is 5.32 Å². The van der Waals surface area contributed by atoms with Crippen LogP contribution in [-0.2, 0) is 25.6 Å². The fourth-order valence-corrected chi connectivity index (χ4v) is 4.49. The normalized spacial score (nSPS) is 21.1. The van der Waals surface area contributed by atoms with E-state index in [1.807, 2.05) is 30.3 Å². The predicted molar refractivity (Wildman–Crippen MR) is 116 cm³/mol. The molecule has 0 saturated carbocycles. The zero-order valence-corrected chi connectivity index (χ0v) is 18.1. The lowest BCUT2D eigenvalue weighted by Crippen LogP contribution is -2.46. The summed E-state index contributed by atoms with van der Waals surface area (Å²) in [6.45, 7) is 2.62. The molecule has 2 aromatic rings. The highest BCUT2D eigenvalue weighted by Crippen LogP contribution is 2.47. The lowest BCUT2D eigenvalue weighted by Gasteiger charge is -2.38. The van der Waals surface area contributed by atoms with Gasteiger partial charge in [-0.05, 0) is 42.7 Å². The molecule has 4 rings (SSSR count). The Kier molecular flexibility index (Phi) is 6.30. The Balaban J connectivity index is 1.64. The van der Waals surface area contributed by atoms with Gasteiger partial charge in [-0.2, -0.15) is 0 Å². The van der Waals surface area contributed by atoms with Crippen LogP contribution in [0.2, 0.25) is 0 Å². The Labute approximate surface area is 186 Å². The fraction of sp³-hybridized carbons (Fsp3) is 0.375. The molecule has 168 valence electrons. The van der Waals surface area contributed by atoms with E-state index in [0.717, 1.165) is 11.1 Å². The minimum absolute atomic E-state index is 0.155. The van der Waals surface area contributed by atoms with Crippen molar-refractivity contribution in [2.24, 2.45) is 5.92 Å². The zero-order valence-electron chi connectivity index (χ0n) is 18.1. The standard InChI is InChI=1S/C24H26N2O6/c1-3-31-23(28)20-17-11-12-26(24(29)32-14-15-7-5-4-6-8-15)21(17)18-13-16(22(27)30-2)9-10-19(18)25-20/h4-10,13,17,20-21,25H,3,11-12,14H2,1-2H3/t17-,20+,21-/m0/s1. The highest BCUT2D eigenvalue weighted by atomic mass is 16.6. The number of carbonyl (C=O) groups excluding carboxylic acids is 3. The van der Waals surface area contributed by atoms with Crippen molar-refractivity contribution in [3.8, 4) is 0 Å². The number of esters is 2. The molecule has 1 saturated heterocycles. The van der Waals surface area contributed by atoms with E-state index in [4.69, 9.17) is 14.2 Å². The summed E-state index contributed by atoms with van der Waals surface area (Å²) in [5.41, 5.74) is 2.71. The van der Waals surface area contributed by atoms with Crippen molar-refractivity contribution in [1.29, 1.82) is 0 Å². The number of amides is 1. The summed E-state index contributed by atoms with van der Waals surface area (Å²) in [6, 6.07) is 13.5. The van der Waals surface area contributed by atoms with Gasteiger partial charge < -0.3 is 24.4 Å².